The van der Waals surface area contributed by atoms with E-state index < -0.39 is 17.8 Å². The van der Waals surface area contributed by atoms with E-state index in [0.29, 0.717) is 5.69 Å². The number of hydrogen-bond donors (Lipinski definition) is 1. The molecule has 1 rings (SSSR count). The lowest BCUT2D eigenvalue weighted by Crippen LogP contribution is -2.22. The molecule has 0 aromatic heterocycles. The fourth-order valence-electron chi connectivity index (χ4n) is 1.29. The Bertz CT molecular complexity index is 429. The number of ether oxygens (including phenoxy) is 1. The summed E-state index contributed by atoms with van der Waals surface area (Å²) in [5.41, 5.74) is 0.459. The highest BCUT2D eigenvalue weighted by molar-refractivity contribution is 5.71. The number of anilines is 1. The molecule has 1 N–H and O–H groups in total. The molecule has 17 heavy (non-hydrogen) atoms. The molecular formula is C12H13FN2O2. The molecule has 1 aromatic carbocycles. The van der Waals surface area contributed by atoms with E-state index in [9.17, 15) is 9.18 Å². The summed E-state index contributed by atoms with van der Waals surface area (Å²) in [6, 6.07) is 6.91. The van der Waals surface area contributed by atoms with Crippen LogP contribution in [0.15, 0.2) is 24.3 Å². The van der Waals surface area contributed by atoms with E-state index in [2.05, 4.69) is 5.32 Å². The molecule has 0 amide bonds. The van der Waals surface area contributed by atoms with Gasteiger partial charge in [0.25, 0.3) is 0 Å². The van der Waals surface area contributed by atoms with Gasteiger partial charge in [0.05, 0.1) is 19.1 Å². The van der Waals surface area contributed by atoms with Gasteiger partial charge in [0.2, 0.25) is 0 Å². The number of halogens is 1. The van der Waals surface area contributed by atoms with E-state index in [-0.39, 0.29) is 13.0 Å². The van der Waals surface area contributed by atoms with Gasteiger partial charge in [0.15, 0.2) is 0 Å². The van der Waals surface area contributed by atoms with Crippen LogP contribution in [0.1, 0.15) is 13.3 Å². The molecule has 1 aromatic rings. The number of hydrogen-bond acceptors (Lipinski definition) is 4. The molecule has 1 atom stereocenters. The molecule has 1 unspecified atom stereocenters. The van der Waals surface area contributed by atoms with Gasteiger partial charge in [-0.15, -0.1) is 0 Å². The van der Waals surface area contributed by atoms with Crippen LogP contribution in [-0.4, -0.2) is 18.6 Å². The maximum Gasteiger partial charge on any atom is 0.308 e. The van der Waals surface area contributed by atoms with Crippen LogP contribution in [0.4, 0.5) is 10.1 Å². The van der Waals surface area contributed by atoms with E-state index in [4.69, 9.17) is 10.00 Å². The number of nitriles is 1. The maximum atomic E-state index is 12.9. The Balaban J connectivity index is 2.59. The molecule has 4 nitrogen and oxygen atoms in total. The Kier molecular flexibility index (Phi) is 4.95. The van der Waals surface area contributed by atoms with Crippen LogP contribution in [0.25, 0.3) is 0 Å². The summed E-state index contributed by atoms with van der Waals surface area (Å²) in [7, 11) is 0. The Morgan fingerprint density at radius 3 is 3.00 bits per heavy atom. The van der Waals surface area contributed by atoms with E-state index >= 15 is 0 Å². The third-order valence-corrected chi connectivity index (χ3v) is 2.00. The number of nitrogens with one attached hydrogen (secondary N) is 1. The first-order valence-corrected chi connectivity index (χ1v) is 5.23. The van der Waals surface area contributed by atoms with Gasteiger partial charge in [-0.25, -0.2) is 4.39 Å². The zero-order valence-electron chi connectivity index (χ0n) is 9.44. The van der Waals surface area contributed by atoms with Gasteiger partial charge < -0.3 is 10.1 Å². The van der Waals surface area contributed by atoms with E-state index in [1.54, 1.807) is 13.0 Å². The predicted molar refractivity (Wildman–Crippen MR) is 60.7 cm³/mol. The first kappa shape index (κ1) is 13.0. The van der Waals surface area contributed by atoms with Crippen molar-refractivity contribution in [3.05, 3.63) is 30.1 Å². The topological polar surface area (TPSA) is 62.1 Å². The Morgan fingerprint density at radius 2 is 2.41 bits per heavy atom. The largest absolute Gasteiger partial charge is 0.466 e. The zero-order valence-corrected chi connectivity index (χ0v) is 9.44. The Hall–Kier alpha value is -2.09. The number of rotatable bonds is 5. The van der Waals surface area contributed by atoms with Crippen molar-refractivity contribution in [1.29, 1.82) is 5.26 Å². The summed E-state index contributed by atoms with van der Waals surface area (Å²) in [6.45, 7) is 1.97. The van der Waals surface area contributed by atoms with Gasteiger partial charge in [0.1, 0.15) is 11.9 Å². The molecular weight excluding hydrogens is 223 g/mol. The fourth-order valence-corrected chi connectivity index (χ4v) is 1.29. The molecule has 0 aliphatic rings. The van der Waals surface area contributed by atoms with Gasteiger partial charge in [-0.1, -0.05) is 6.07 Å². The molecule has 0 spiro atoms. The van der Waals surface area contributed by atoms with Gasteiger partial charge >= 0.3 is 5.97 Å². The minimum absolute atomic E-state index is 0.0686. The third kappa shape index (κ3) is 4.51. The second-order valence-electron chi connectivity index (χ2n) is 3.35. The van der Waals surface area contributed by atoms with Gasteiger partial charge in [0, 0.05) is 5.69 Å². The highest BCUT2D eigenvalue weighted by Crippen LogP contribution is 2.11. The lowest BCUT2D eigenvalue weighted by Gasteiger charge is -2.12. The van der Waals surface area contributed by atoms with Crippen molar-refractivity contribution in [2.45, 2.75) is 19.4 Å². The molecule has 0 heterocycles. The van der Waals surface area contributed by atoms with E-state index in [1.165, 1.54) is 18.2 Å². The number of nitrogens with zero attached hydrogens (tertiary/aromatic N) is 1. The second kappa shape index (κ2) is 6.48. The second-order valence-corrected chi connectivity index (χ2v) is 3.35. The highest BCUT2D eigenvalue weighted by atomic mass is 19.1. The molecule has 5 heteroatoms. The molecule has 0 fully saturated rings. The third-order valence-electron chi connectivity index (χ3n) is 2.00. The number of carbonyl (C=O) groups excluding carboxylic acids is 1. The van der Waals surface area contributed by atoms with Crippen molar-refractivity contribution < 1.29 is 13.9 Å². The van der Waals surface area contributed by atoms with Crippen molar-refractivity contribution >= 4 is 11.7 Å². The quantitative estimate of drug-likeness (QED) is 0.795. The van der Waals surface area contributed by atoms with Gasteiger partial charge in [-0.2, -0.15) is 5.26 Å². The van der Waals surface area contributed by atoms with Crippen molar-refractivity contribution in [3.63, 3.8) is 0 Å². The molecule has 0 radical (unpaired) electrons. The maximum absolute atomic E-state index is 12.9. The highest BCUT2D eigenvalue weighted by Gasteiger charge is 2.13. The SMILES string of the molecule is CCOC(=O)CC(C#N)Nc1cccc(F)c1. The summed E-state index contributed by atoms with van der Waals surface area (Å²) in [6.07, 6.45) is -0.0686. The Morgan fingerprint density at radius 1 is 1.65 bits per heavy atom. The van der Waals surface area contributed by atoms with Crippen molar-refractivity contribution in [3.8, 4) is 6.07 Å². The van der Waals surface area contributed by atoms with Crippen molar-refractivity contribution in [1.82, 2.24) is 0 Å². The van der Waals surface area contributed by atoms with Crippen molar-refractivity contribution in [2.75, 3.05) is 11.9 Å². The smallest absolute Gasteiger partial charge is 0.308 e. The number of esters is 1. The van der Waals surface area contributed by atoms with Crippen LogP contribution < -0.4 is 5.32 Å². The summed E-state index contributed by atoms with van der Waals surface area (Å²) in [5.74, 6) is -0.856. The van der Waals surface area contributed by atoms with Crippen LogP contribution in [0.3, 0.4) is 0 Å². The Labute approximate surface area is 99.0 Å². The first-order chi connectivity index (χ1) is 8.15. The van der Waals surface area contributed by atoms with Crippen LogP contribution in [-0.2, 0) is 9.53 Å². The van der Waals surface area contributed by atoms with E-state index in [0.717, 1.165) is 0 Å². The minimum atomic E-state index is -0.726. The molecule has 90 valence electrons. The normalized spacial score (nSPS) is 11.4. The van der Waals surface area contributed by atoms with Crippen LogP contribution in [0, 0.1) is 17.1 Å². The molecule has 0 aliphatic carbocycles. The molecule has 0 bridgehead atoms. The monoisotopic (exact) mass is 236 g/mol. The predicted octanol–water partition coefficient (Wildman–Crippen LogP) is 2.08. The molecule has 0 saturated heterocycles. The fraction of sp³-hybridized carbons (Fsp3) is 0.333. The summed E-state index contributed by atoms with van der Waals surface area (Å²) in [4.78, 5) is 11.2. The molecule has 0 saturated carbocycles. The summed E-state index contributed by atoms with van der Waals surface area (Å²) < 4.78 is 17.6. The lowest BCUT2D eigenvalue weighted by molar-refractivity contribution is -0.143. The lowest BCUT2D eigenvalue weighted by atomic mass is 10.2. The van der Waals surface area contributed by atoms with Crippen LogP contribution >= 0.6 is 0 Å². The number of carbonyl (C=O) groups is 1. The first-order valence-electron chi connectivity index (χ1n) is 5.23. The van der Waals surface area contributed by atoms with Gasteiger partial charge in [-0.3, -0.25) is 4.79 Å². The van der Waals surface area contributed by atoms with Crippen LogP contribution in [0.5, 0.6) is 0 Å². The van der Waals surface area contributed by atoms with E-state index in [1.807, 2.05) is 6.07 Å². The molecule has 0 aliphatic heterocycles. The summed E-state index contributed by atoms with van der Waals surface area (Å²) in [5, 5.41) is 11.6. The summed E-state index contributed by atoms with van der Waals surface area (Å²) >= 11 is 0. The van der Waals surface area contributed by atoms with Crippen molar-refractivity contribution in [2.24, 2.45) is 0 Å². The minimum Gasteiger partial charge on any atom is -0.466 e. The standard InChI is InChI=1S/C12H13FN2O2/c1-2-17-12(16)7-11(8-14)15-10-5-3-4-9(13)6-10/h3-6,11,15H,2,7H2,1H3. The average Bonchev–Trinajstić information content (AvgIpc) is 2.28. The number of benzene rings is 1. The van der Waals surface area contributed by atoms with Crippen LogP contribution in [0.2, 0.25) is 0 Å². The average molecular weight is 236 g/mol. The van der Waals surface area contributed by atoms with Gasteiger partial charge in [-0.05, 0) is 25.1 Å². The zero-order chi connectivity index (χ0) is 12.7.